The lowest BCUT2D eigenvalue weighted by Crippen LogP contribution is -2.54. The van der Waals surface area contributed by atoms with Crippen molar-refractivity contribution in [3.8, 4) is 0 Å². The number of carbonyl (C=O) groups excluding carboxylic acids is 2. The van der Waals surface area contributed by atoms with Gasteiger partial charge in [0.2, 0.25) is 11.8 Å². The van der Waals surface area contributed by atoms with Gasteiger partial charge in [0.05, 0.1) is 15.6 Å². The molecule has 0 saturated carbocycles. The number of benzene rings is 4. The number of hydrogen-bond acceptors (Lipinski definition) is 4. The maximum absolute atomic E-state index is 14.6. The fourth-order valence-corrected chi connectivity index (χ4v) is 6.85. The molecule has 0 radical (unpaired) electrons. The number of halogens is 2. The minimum atomic E-state index is -4.31. The highest BCUT2D eigenvalue weighted by Gasteiger charge is 2.35. The molecule has 0 aliphatic carbocycles. The van der Waals surface area contributed by atoms with E-state index < -0.39 is 28.5 Å². The molecule has 0 unspecified atom stereocenters. The lowest BCUT2D eigenvalue weighted by atomic mass is 10.0. The molecule has 7 nitrogen and oxygen atoms in total. The summed E-state index contributed by atoms with van der Waals surface area (Å²) < 4.78 is 29.4. The van der Waals surface area contributed by atoms with Crippen LogP contribution in [0.3, 0.4) is 0 Å². The maximum atomic E-state index is 14.6. The molecule has 0 spiro atoms. The van der Waals surface area contributed by atoms with E-state index in [1.54, 1.807) is 18.2 Å². The molecule has 0 aliphatic heterocycles. The molecular weight excluding hydrogens is 641 g/mol. The van der Waals surface area contributed by atoms with E-state index in [-0.39, 0.29) is 45.5 Å². The van der Waals surface area contributed by atoms with Gasteiger partial charge in [-0.15, -0.1) is 0 Å². The number of nitrogens with zero attached hydrogens (tertiary/aromatic N) is 2. The minimum Gasteiger partial charge on any atom is -0.352 e. The highest BCUT2D eigenvalue weighted by molar-refractivity contribution is 7.92. The van der Waals surface area contributed by atoms with Crippen LogP contribution in [0.1, 0.15) is 42.5 Å². The van der Waals surface area contributed by atoms with Crippen LogP contribution in [-0.4, -0.2) is 43.8 Å². The normalized spacial score (nSPS) is 12.7. The molecule has 0 aromatic heterocycles. The maximum Gasteiger partial charge on any atom is 0.264 e. The summed E-state index contributed by atoms with van der Waals surface area (Å²) in [5, 5.41) is 3.40. The molecule has 4 aromatic carbocycles. The zero-order chi connectivity index (χ0) is 33.4. The third-order valence-electron chi connectivity index (χ3n) is 7.94. The van der Waals surface area contributed by atoms with Gasteiger partial charge in [0.15, 0.2) is 0 Å². The number of aryl methyl sites for hydroxylation is 2. The van der Waals surface area contributed by atoms with Crippen LogP contribution in [0.15, 0.2) is 102 Å². The number of nitrogens with one attached hydrogen (secondary N) is 1. The molecule has 10 heteroatoms. The van der Waals surface area contributed by atoms with Crippen LogP contribution < -0.4 is 9.62 Å². The SMILES string of the molecule is CC[C@@H](C)NC(=O)[C@H](Cc1ccccc1)N(Cc1ccccc1C)C(=O)CN(c1cc(Cl)ccc1Cl)S(=O)(=O)c1ccc(C)cc1. The summed E-state index contributed by atoms with van der Waals surface area (Å²) in [5.41, 5.74) is 3.56. The molecular formula is C36H39Cl2N3O4S. The third kappa shape index (κ3) is 8.69. The predicted octanol–water partition coefficient (Wildman–Crippen LogP) is 7.36. The second-order valence-corrected chi connectivity index (χ2v) is 14.1. The van der Waals surface area contributed by atoms with Crippen LogP contribution in [-0.2, 0) is 32.6 Å². The van der Waals surface area contributed by atoms with Gasteiger partial charge in [0, 0.05) is 24.0 Å². The Kier molecular flexibility index (Phi) is 11.9. The van der Waals surface area contributed by atoms with Crippen LogP contribution in [0.25, 0.3) is 0 Å². The van der Waals surface area contributed by atoms with Crippen molar-refractivity contribution in [2.75, 3.05) is 10.8 Å². The van der Waals surface area contributed by atoms with Crippen LogP contribution in [0, 0.1) is 13.8 Å². The van der Waals surface area contributed by atoms with Crippen molar-refractivity contribution >= 4 is 50.7 Å². The average molecular weight is 681 g/mol. The molecule has 46 heavy (non-hydrogen) atoms. The Morgan fingerprint density at radius 1 is 0.870 bits per heavy atom. The molecule has 0 bridgehead atoms. The molecule has 2 atom stereocenters. The second-order valence-electron chi connectivity index (χ2n) is 11.4. The van der Waals surface area contributed by atoms with E-state index in [4.69, 9.17) is 23.2 Å². The van der Waals surface area contributed by atoms with E-state index >= 15 is 0 Å². The van der Waals surface area contributed by atoms with Gasteiger partial charge in [-0.25, -0.2) is 8.42 Å². The molecule has 242 valence electrons. The molecule has 0 saturated heterocycles. The summed E-state index contributed by atoms with van der Waals surface area (Å²) in [6.45, 7) is 7.12. The Labute approximate surface area is 282 Å². The van der Waals surface area contributed by atoms with Crippen molar-refractivity contribution in [3.05, 3.63) is 129 Å². The summed E-state index contributed by atoms with van der Waals surface area (Å²) in [6, 6.07) is 26.8. The third-order valence-corrected chi connectivity index (χ3v) is 10.3. The van der Waals surface area contributed by atoms with Crippen molar-refractivity contribution in [1.29, 1.82) is 0 Å². The van der Waals surface area contributed by atoms with Gasteiger partial charge in [-0.05, 0) is 74.2 Å². The topological polar surface area (TPSA) is 86.8 Å². The predicted molar refractivity (Wildman–Crippen MR) is 186 cm³/mol. The number of carbonyl (C=O) groups is 2. The van der Waals surface area contributed by atoms with Gasteiger partial charge < -0.3 is 10.2 Å². The van der Waals surface area contributed by atoms with Crippen molar-refractivity contribution in [1.82, 2.24) is 10.2 Å². The van der Waals surface area contributed by atoms with E-state index in [0.29, 0.717) is 6.42 Å². The summed E-state index contributed by atoms with van der Waals surface area (Å²) in [7, 11) is -4.31. The van der Waals surface area contributed by atoms with Crippen molar-refractivity contribution < 1.29 is 18.0 Å². The molecule has 0 aliphatic rings. The smallest absolute Gasteiger partial charge is 0.264 e. The van der Waals surface area contributed by atoms with E-state index in [9.17, 15) is 18.0 Å². The van der Waals surface area contributed by atoms with E-state index in [1.165, 1.54) is 29.2 Å². The average Bonchev–Trinajstić information content (AvgIpc) is 3.04. The molecule has 0 fully saturated rings. The Morgan fingerprint density at radius 2 is 1.52 bits per heavy atom. The Balaban J connectivity index is 1.85. The number of sulfonamides is 1. The summed E-state index contributed by atoms with van der Waals surface area (Å²) in [4.78, 5) is 30.1. The number of amides is 2. The summed E-state index contributed by atoms with van der Waals surface area (Å²) in [5.74, 6) is -0.899. The fourth-order valence-electron chi connectivity index (χ4n) is 4.99. The summed E-state index contributed by atoms with van der Waals surface area (Å²) in [6.07, 6.45) is 0.925. The molecule has 2 amide bonds. The summed E-state index contributed by atoms with van der Waals surface area (Å²) >= 11 is 12.9. The van der Waals surface area contributed by atoms with Crippen molar-refractivity contribution in [2.45, 2.75) is 64.1 Å². The van der Waals surface area contributed by atoms with Gasteiger partial charge in [0.25, 0.3) is 10.0 Å². The van der Waals surface area contributed by atoms with E-state index in [0.717, 1.165) is 26.6 Å². The van der Waals surface area contributed by atoms with Gasteiger partial charge in [-0.1, -0.05) is 102 Å². The largest absolute Gasteiger partial charge is 0.352 e. The van der Waals surface area contributed by atoms with Crippen LogP contribution in [0.2, 0.25) is 10.0 Å². The zero-order valence-corrected chi connectivity index (χ0v) is 28.7. The standard InChI is InChI=1S/C36H39Cl2N3O4S/c1-5-27(4)39-36(43)34(21-28-12-7-6-8-13-28)40(23-29-14-10-9-11-26(29)3)35(42)24-41(33-22-30(37)17-20-32(33)38)46(44,45)31-18-15-25(2)16-19-31/h6-20,22,27,34H,5,21,23-24H2,1-4H3,(H,39,43)/t27-,34+/m1/s1. The van der Waals surface area contributed by atoms with Gasteiger partial charge >= 0.3 is 0 Å². The molecule has 0 heterocycles. The Morgan fingerprint density at radius 3 is 2.17 bits per heavy atom. The first-order valence-corrected chi connectivity index (χ1v) is 17.3. The molecule has 4 rings (SSSR count). The van der Waals surface area contributed by atoms with E-state index in [2.05, 4.69) is 5.32 Å². The Hall–Kier alpha value is -3.85. The molecule has 4 aromatic rings. The lowest BCUT2D eigenvalue weighted by Gasteiger charge is -2.34. The minimum absolute atomic E-state index is 0.0113. The quantitative estimate of drug-likeness (QED) is 0.160. The first-order chi connectivity index (χ1) is 21.9. The van der Waals surface area contributed by atoms with Crippen LogP contribution in [0.5, 0.6) is 0 Å². The first kappa shape index (κ1) is 35.0. The monoisotopic (exact) mass is 679 g/mol. The Bertz CT molecular complexity index is 1770. The highest BCUT2D eigenvalue weighted by atomic mass is 35.5. The van der Waals surface area contributed by atoms with Crippen LogP contribution >= 0.6 is 23.2 Å². The second kappa shape index (κ2) is 15.6. The lowest BCUT2D eigenvalue weighted by molar-refractivity contribution is -0.140. The van der Waals surface area contributed by atoms with Crippen molar-refractivity contribution in [2.24, 2.45) is 0 Å². The van der Waals surface area contributed by atoms with E-state index in [1.807, 2.05) is 82.3 Å². The van der Waals surface area contributed by atoms with Crippen LogP contribution in [0.4, 0.5) is 5.69 Å². The number of hydrogen-bond donors (Lipinski definition) is 1. The zero-order valence-electron chi connectivity index (χ0n) is 26.4. The van der Waals surface area contributed by atoms with Gasteiger partial charge in [0.1, 0.15) is 12.6 Å². The number of rotatable bonds is 13. The van der Waals surface area contributed by atoms with Gasteiger partial charge in [-0.2, -0.15) is 0 Å². The fraction of sp³-hybridized carbons (Fsp3) is 0.278. The van der Waals surface area contributed by atoms with Crippen molar-refractivity contribution in [3.63, 3.8) is 0 Å². The number of anilines is 1. The highest BCUT2D eigenvalue weighted by Crippen LogP contribution is 2.33. The first-order valence-electron chi connectivity index (χ1n) is 15.1. The molecule has 1 N–H and O–H groups in total. The van der Waals surface area contributed by atoms with Gasteiger partial charge in [-0.3, -0.25) is 13.9 Å².